The van der Waals surface area contributed by atoms with Gasteiger partial charge in [0.05, 0.1) is 6.10 Å². The first kappa shape index (κ1) is 10.2. The molecule has 1 unspecified atom stereocenters. The maximum absolute atomic E-state index is 9.87. The first-order valence-electron chi connectivity index (χ1n) is 4.78. The first-order chi connectivity index (χ1) is 6.16. The third-order valence-electron chi connectivity index (χ3n) is 2.21. The Labute approximate surface area is 79.6 Å². The lowest BCUT2D eigenvalue weighted by Gasteiger charge is -2.16. The number of pyridine rings is 1. The normalized spacial score (nSPS) is 13.3. The van der Waals surface area contributed by atoms with Crippen LogP contribution in [0.25, 0.3) is 0 Å². The van der Waals surface area contributed by atoms with Crippen LogP contribution in [0.1, 0.15) is 38.1 Å². The van der Waals surface area contributed by atoms with Crippen molar-refractivity contribution in [2.45, 2.75) is 33.3 Å². The highest BCUT2D eigenvalue weighted by atomic mass is 16.3. The second kappa shape index (κ2) is 4.38. The topological polar surface area (TPSA) is 33.1 Å². The van der Waals surface area contributed by atoms with Crippen LogP contribution in [0.3, 0.4) is 0 Å². The number of aliphatic hydroxyl groups excluding tert-OH is 1. The molecule has 0 aliphatic carbocycles. The van der Waals surface area contributed by atoms with Crippen LogP contribution in [0.2, 0.25) is 0 Å². The first-order valence-corrected chi connectivity index (χ1v) is 4.78. The fourth-order valence-electron chi connectivity index (χ4n) is 1.37. The lowest BCUT2D eigenvalue weighted by molar-refractivity contribution is 0.125. The number of hydrogen-bond acceptors (Lipinski definition) is 2. The van der Waals surface area contributed by atoms with Crippen LogP contribution >= 0.6 is 0 Å². The lowest BCUT2D eigenvalue weighted by Crippen LogP contribution is -2.09. The molecule has 2 heteroatoms. The van der Waals surface area contributed by atoms with Crippen LogP contribution in [-0.2, 0) is 6.42 Å². The van der Waals surface area contributed by atoms with Gasteiger partial charge in [-0.3, -0.25) is 4.98 Å². The molecule has 1 aromatic heterocycles. The van der Waals surface area contributed by atoms with E-state index in [-0.39, 0.29) is 12.0 Å². The van der Waals surface area contributed by atoms with E-state index in [0.29, 0.717) is 0 Å². The Bertz CT molecular complexity index is 271. The molecule has 0 bridgehead atoms. The Morgan fingerprint density at radius 2 is 2.15 bits per heavy atom. The van der Waals surface area contributed by atoms with Gasteiger partial charge < -0.3 is 5.11 Å². The summed E-state index contributed by atoms with van der Waals surface area (Å²) in [5, 5.41) is 9.87. The SMILES string of the molecule is CCc1ncccc1C(O)C(C)C. The van der Waals surface area contributed by atoms with Crippen molar-refractivity contribution in [2.24, 2.45) is 5.92 Å². The standard InChI is InChI=1S/C11H17NO/c1-4-10-9(6-5-7-12-10)11(13)8(2)3/h5-8,11,13H,4H2,1-3H3. The lowest BCUT2D eigenvalue weighted by atomic mass is 9.97. The summed E-state index contributed by atoms with van der Waals surface area (Å²) in [5.41, 5.74) is 1.98. The van der Waals surface area contributed by atoms with E-state index < -0.39 is 0 Å². The third-order valence-corrected chi connectivity index (χ3v) is 2.21. The van der Waals surface area contributed by atoms with Crippen molar-refractivity contribution in [3.63, 3.8) is 0 Å². The Morgan fingerprint density at radius 3 is 2.69 bits per heavy atom. The summed E-state index contributed by atoms with van der Waals surface area (Å²) in [6.45, 7) is 6.08. The fraction of sp³-hybridized carbons (Fsp3) is 0.545. The van der Waals surface area contributed by atoms with E-state index in [1.165, 1.54) is 0 Å². The monoisotopic (exact) mass is 179 g/mol. The molecule has 1 aromatic rings. The van der Waals surface area contributed by atoms with Gasteiger partial charge in [0.25, 0.3) is 0 Å². The van der Waals surface area contributed by atoms with Gasteiger partial charge >= 0.3 is 0 Å². The van der Waals surface area contributed by atoms with Crippen LogP contribution in [0, 0.1) is 5.92 Å². The molecule has 1 heterocycles. The molecule has 0 aliphatic rings. The van der Waals surface area contributed by atoms with Gasteiger partial charge in [-0.2, -0.15) is 0 Å². The molecule has 0 radical (unpaired) electrons. The number of nitrogens with zero attached hydrogens (tertiary/aromatic N) is 1. The van der Waals surface area contributed by atoms with Crippen LogP contribution in [0.4, 0.5) is 0 Å². The van der Waals surface area contributed by atoms with Crippen LogP contribution in [-0.4, -0.2) is 10.1 Å². The third kappa shape index (κ3) is 2.28. The molecule has 1 N–H and O–H groups in total. The Morgan fingerprint density at radius 1 is 1.46 bits per heavy atom. The van der Waals surface area contributed by atoms with E-state index in [2.05, 4.69) is 11.9 Å². The molecule has 0 saturated carbocycles. The summed E-state index contributed by atoms with van der Waals surface area (Å²) in [5.74, 6) is 0.245. The zero-order chi connectivity index (χ0) is 9.84. The minimum absolute atomic E-state index is 0.245. The summed E-state index contributed by atoms with van der Waals surface area (Å²) in [4.78, 5) is 4.24. The molecular formula is C11H17NO. The van der Waals surface area contributed by atoms with E-state index in [4.69, 9.17) is 0 Å². The highest BCUT2D eigenvalue weighted by Gasteiger charge is 2.15. The molecular weight excluding hydrogens is 162 g/mol. The second-order valence-corrected chi connectivity index (χ2v) is 3.58. The Kier molecular flexibility index (Phi) is 3.43. The summed E-state index contributed by atoms with van der Waals surface area (Å²) < 4.78 is 0. The predicted molar refractivity (Wildman–Crippen MR) is 53.4 cm³/mol. The van der Waals surface area contributed by atoms with Crippen LogP contribution in [0.15, 0.2) is 18.3 Å². The van der Waals surface area contributed by atoms with E-state index >= 15 is 0 Å². The average molecular weight is 179 g/mol. The number of aliphatic hydroxyl groups is 1. The maximum Gasteiger partial charge on any atom is 0.0830 e. The molecule has 13 heavy (non-hydrogen) atoms. The van der Waals surface area contributed by atoms with Crippen molar-refractivity contribution in [2.75, 3.05) is 0 Å². The van der Waals surface area contributed by atoms with Crippen LogP contribution in [0.5, 0.6) is 0 Å². The van der Waals surface area contributed by atoms with Gasteiger partial charge in [-0.15, -0.1) is 0 Å². The number of hydrogen-bond donors (Lipinski definition) is 1. The van der Waals surface area contributed by atoms with Crippen molar-refractivity contribution in [3.8, 4) is 0 Å². The largest absolute Gasteiger partial charge is 0.388 e. The number of rotatable bonds is 3. The van der Waals surface area contributed by atoms with Crippen LogP contribution < -0.4 is 0 Å². The van der Waals surface area contributed by atoms with Gasteiger partial charge in [-0.1, -0.05) is 26.8 Å². The molecule has 0 saturated heterocycles. The summed E-state index contributed by atoms with van der Waals surface area (Å²) in [6.07, 6.45) is 2.26. The van der Waals surface area contributed by atoms with E-state index in [1.54, 1.807) is 6.20 Å². The van der Waals surface area contributed by atoms with E-state index in [9.17, 15) is 5.11 Å². The maximum atomic E-state index is 9.87. The Balaban J connectivity index is 2.98. The van der Waals surface area contributed by atoms with Gasteiger partial charge in [-0.25, -0.2) is 0 Å². The van der Waals surface area contributed by atoms with Crippen molar-refractivity contribution in [1.82, 2.24) is 4.98 Å². The van der Waals surface area contributed by atoms with Crippen molar-refractivity contribution < 1.29 is 5.11 Å². The molecule has 0 aliphatic heterocycles. The molecule has 0 fully saturated rings. The van der Waals surface area contributed by atoms with Gasteiger partial charge in [0.15, 0.2) is 0 Å². The quantitative estimate of drug-likeness (QED) is 0.772. The zero-order valence-corrected chi connectivity index (χ0v) is 8.49. The molecule has 0 amide bonds. The van der Waals surface area contributed by atoms with Gasteiger partial charge in [0.2, 0.25) is 0 Å². The van der Waals surface area contributed by atoms with Gasteiger partial charge in [0, 0.05) is 17.5 Å². The van der Waals surface area contributed by atoms with Crippen molar-refractivity contribution in [1.29, 1.82) is 0 Å². The summed E-state index contributed by atoms with van der Waals surface area (Å²) in [7, 11) is 0. The Hall–Kier alpha value is -0.890. The highest BCUT2D eigenvalue weighted by Crippen LogP contribution is 2.23. The molecule has 1 rings (SSSR count). The molecule has 0 aromatic carbocycles. The predicted octanol–water partition coefficient (Wildman–Crippen LogP) is 2.33. The average Bonchev–Trinajstić information content (AvgIpc) is 2.16. The molecule has 1 atom stereocenters. The molecule has 2 nitrogen and oxygen atoms in total. The van der Waals surface area contributed by atoms with Gasteiger partial charge in [-0.05, 0) is 18.4 Å². The number of aromatic nitrogens is 1. The van der Waals surface area contributed by atoms with Crippen molar-refractivity contribution >= 4 is 0 Å². The fourth-order valence-corrected chi connectivity index (χ4v) is 1.37. The smallest absolute Gasteiger partial charge is 0.0830 e. The second-order valence-electron chi connectivity index (χ2n) is 3.58. The van der Waals surface area contributed by atoms with Crippen molar-refractivity contribution in [3.05, 3.63) is 29.6 Å². The minimum atomic E-state index is -0.386. The minimum Gasteiger partial charge on any atom is -0.388 e. The molecule has 72 valence electrons. The van der Waals surface area contributed by atoms with E-state index in [1.807, 2.05) is 26.0 Å². The van der Waals surface area contributed by atoms with Gasteiger partial charge in [0.1, 0.15) is 0 Å². The zero-order valence-electron chi connectivity index (χ0n) is 8.49. The number of aryl methyl sites for hydroxylation is 1. The van der Waals surface area contributed by atoms with E-state index in [0.717, 1.165) is 17.7 Å². The summed E-state index contributed by atoms with van der Waals surface area (Å²) >= 11 is 0. The molecule has 0 spiro atoms. The summed E-state index contributed by atoms with van der Waals surface area (Å²) in [6, 6.07) is 3.83. The highest BCUT2D eigenvalue weighted by molar-refractivity contribution is 5.22.